The van der Waals surface area contributed by atoms with E-state index >= 15 is 0 Å². The maximum Gasteiger partial charge on any atom is 0.123 e. The molecule has 0 bridgehead atoms. The molecular weight excluding hydrogens is 295 g/mol. The van der Waals surface area contributed by atoms with Crippen molar-refractivity contribution >= 4 is 6.08 Å². The van der Waals surface area contributed by atoms with Crippen LogP contribution in [0.3, 0.4) is 0 Å². The van der Waals surface area contributed by atoms with Crippen LogP contribution in [0.1, 0.15) is 12.0 Å². The third-order valence-electron chi connectivity index (χ3n) is 4.66. The summed E-state index contributed by atoms with van der Waals surface area (Å²) in [6.07, 6.45) is 4.93. The molecule has 23 heavy (non-hydrogen) atoms. The summed E-state index contributed by atoms with van der Waals surface area (Å²) in [6.45, 7) is 6.05. The molecule has 2 saturated heterocycles. The Morgan fingerprint density at radius 2 is 1.96 bits per heavy atom. The molecule has 2 aliphatic heterocycles. The molecule has 2 fully saturated rings. The van der Waals surface area contributed by atoms with E-state index in [4.69, 9.17) is 4.74 Å². The van der Waals surface area contributed by atoms with E-state index in [0.29, 0.717) is 13.2 Å². The predicted molar refractivity (Wildman–Crippen MR) is 88.7 cm³/mol. The van der Waals surface area contributed by atoms with Crippen LogP contribution >= 0.6 is 0 Å². The van der Waals surface area contributed by atoms with Gasteiger partial charge in [-0.25, -0.2) is 4.39 Å². The van der Waals surface area contributed by atoms with E-state index in [1.807, 2.05) is 6.08 Å². The molecule has 126 valence electrons. The summed E-state index contributed by atoms with van der Waals surface area (Å²) in [5.41, 5.74) is 1.02. The van der Waals surface area contributed by atoms with Crippen LogP contribution in [0.15, 0.2) is 30.3 Å². The van der Waals surface area contributed by atoms with Gasteiger partial charge in [-0.2, -0.15) is 0 Å². The number of nitrogens with zero attached hydrogens (tertiary/aromatic N) is 2. The Bertz CT molecular complexity index is 520. The van der Waals surface area contributed by atoms with Crippen molar-refractivity contribution in [3.63, 3.8) is 0 Å². The normalized spacial score (nSPS) is 27.6. The molecule has 4 nitrogen and oxygen atoms in total. The van der Waals surface area contributed by atoms with Gasteiger partial charge in [0.25, 0.3) is 0 Å². The molecule has 0 saturated carbocycles. The van der Waals surface area contributed by atoms with Gasteiger partial charge in [0, 0.05) is 19.6 Å². The molecule has 1 N–H and O–H groups in total. The lowest BCUT2D eigenvalue weighted by Gasteiger charge is -2.28. The first kappa shape index (κ1) is 16.6. The largest absolute Gasteiger partial charge is 0.389 e. The van der Waals surface area contributed by atoms with Crippen LogP contribution in [0.25, 0.3) is 6.08 Å². The lowest BCUT2D eigenvalue weighted by molar-refractivity contribution is 0.0841. The second-order valence-electron chi connectivity index (χ2n) is 6.32. The maximum absolute atomic E-state index is 12.9. The van der Waals surface area contributed by atoms with E-state index in [-0.39, 0.29) is 18.0 Å². The highest BCUT2D eigenvalue weighted by molar-refractivity contribution is 5.48. The van der Waals surface area contributed by atoms with E-state index in [9.17, 15) is 9.50 Å². The second-order valence-corrected chi connectivity index (χ2v) is 6.32. The minimum absolute atomic E-state index is 0.157. The molecule has 0 amide bonds. The summed E-state index contributed by atoms with van der Waals surface area (Å²) in [4.78, 5) is 4.78. The first-order chi connectivity index (χ1) is 11.2. The number of hydrogen-bond donors (Lipinski definition) is 1. The second kappa shape index (κ2) is 8.02. The lowest BCUT2D eigenvalue weighted by Crippen LogP contribution is -2.44. The number of benzene rings is 1. The standard InChI is InChI=1S/C18H25FN2O2/c19-16-6-4-15(5-7-16)3-1-8-20-9-2-10-21(12-11-20)17-13-23-14-18(17)22/h1,3-7,17-18,22H,2,8-14H2/b3-1+/t17-,18-/m0/s1. The fourth-order valence-corrected chi connectivity index (χ4v) is 3.30. The van der Waals surface area contributed by atoms with Crippen LogP contribution in [0.4, 0.5) is 4.39 Å². The molecule has 5 heteroatoms. The first-order valence-electron chi connectivity index (χ1n) is 8.37. The number of ether oxygens (including phenoxy) is 1. The Labute approximate surface area is 137 Å². The highest BCUT2D eigenvalue weighted by Gasteiger charge is 2.32. The molecule has 0 unspecified atom stereocenters. The van der Waals surface area contributed by atoms with Crippen LogP contribution in [-0.4, -0.2) is 73.0 Å². The average molecular weight is 320 g/mol. The van der Waals surface area contributed by atoms with Gasteiger partial charge in [-0.3, -0.25) is 9.80 Å². The molecule has 0 radical (unpaired) electrons. The van der Waals surface area contributed by atoms with E-state index in [1.54, 1.807) is 12.1 Å². The van der Waals surface area contributed by atoms with Crippen molar-refractivity contribution < 1.29 is 14.2 Å². The van der Waals surface area contributed by atoms with Crippen LogP contribution in [0, 0.1) is 5.82 Å². The summed E-state index contributed by atoms with van der Waals surface area (Å²) in [7, 11) is 0. The fourth-order valence-electron chi connectivity index (χ4n) is 3.30. The van der Waals surface area contributed by atoms with Gasteiger partial charge >= 0.3 is 0 Å². The third-order valence-corrected chi connectivity index (χ3v) is 4.66. The monoisotopic (exact) mass is 320 g/mol. The Morgan fingerprint density at radius 3 is 2.70 bits per heavy atom. The lowest BCUT2D eigenvalue weighted by atomic mass is 10.2. The number of aliphatic hydroxyl groups is 1. The van der Waals surface area contributed by atoms with Gasteiger partial charge in [0.1, 0.15) is 5.82 Å². The molecule has 0 spiro atoms. The summed E-state index contributed by atoms with van der Waals surface area (Å²) in [5.74, 6) is -0.201. The summed E-state index contributed by atoms with van der Waals surface area (Å²) in [6, 6.07) is 6.70. The summed E-state index contributed by atoms with van der Waals surface area (Å²) in [5, 5.41) is 9.97. The molecule has 2 atom stereocenters. The zero-order valence-electron chi connectivity index (χ0n) is 13.4. The van der Waals surface area contributed by atoms with Crippen molar-refractivity contribution in [3.05, 3.63) is 41.7 Å². The fraction of sp³-hybridized carbons (Fsp3) is 0.556. The van der Waals surface area contributed by atoms with Gasteiger partial charge in [0.15, 0.2) is 0 Å². The highest BCUT2D eigenvalue weighted by Crippen LogP contribution is 2.16. The zero-order valence-corrected chi connectivity index (χ0v) is 13.4. The molecule has 0 aromatic heterocycles. The van der Waals surface area contributed by atoms with Gasteiger partial charge in [0.2, 0.25) is 0 Å². The molecule has 3 rings (SSSR count). The Balaban J connectivity index is 1.47. The maximum atomic E-state index is 12.9. The predicted octanol–water partition coefficient (Wildman–Crippen LogP) is 1.61. The number of halogens is 1. The minimum atomic E-state index is -0.347. The van der Waals surface area contributed by atoms with Gasteiger partial charge < -0.3 is 9.84 Å². The zero-order chi connectivity index (χ0) is 16.1. The molecular formula is C18H25FN2O2. The van der Waals surface area contributed by atoms with Crippen LogP contribution < -0.4 is 0 Å². The van der Waals surface area contributed by atoms with Gasteiger partial charge in [-0.1, -0.05) is 24.3 Å². The average Bonchev–Trinajstić information content (AvgIpc) is 2.84. The summed E-state index contributed by atoms with van der Waals surface area (Å²) < 4.78 is 18.2. The summed E-state index contributed by atoms with van der Waals surface area (Å²) >= 11 is 0. The molecule has 2 heterocycles. The van der Waals surface area contributed by atoms with Crippen molar-refractivity contribution in [3.8, 4) is 0 Å². The van der Waals surface area contributed by atoms with Gasteiger partial charge in [-0.05, 0) is 37.2 Å². The van der Waals surface area contributed by atoms with E-state index in [1.165, 1.54) is 12.1 Å². The van der Waals surface area contributed by atoms with E-state index in [0.717, 1.165) is 44.7 Å². The van der Waals surface area contributed by atoms with Crippen molar-refractivity contribution in [1.29, 1.82) is 0 Å². The van der Waals surface area contributed by atoms with E-state index < -0.39 is 0 Å². The highest BCUT2D eigenvalue weighted by atomic mass is 19.1. The van der Waals surface area contributed by atoms with Crippen molar-refractivity contribution in [2.75, 3.05) is 45.9 Å². The van der Waals surface area contributed by atoms with Crippen molar-refractivity contribution in [1.82, 2.24) is 9.80 Å². The van der Waals surface area contributed by atoms with E-state index in [2.05, 4.69) is 15.9 Å². The molecule has 1 aromatic carbocycles. The minimum Gasteiger partial charge on any atom is -0.389 e. The SMILES string of the molecule is O[C@H]1COC[C@@H]1N1CCCN(C/C=C/c2ccc(F)cc2)CC1. The number of rotatable bonds is 4. The molecule has 0 aliphatic carbocycles. The quantitative estimate of drug-likeness (QED) is 0.914. The molecule has 1 aromatic rings. The van der Waals surface area contributed by atoms with Crippen LogP contribution in [0.5, 0.6) is 0 Å². The third kappa shape index (κ3) is 4.61. The van der Waals surface area contributed by atoms with Gasteiger partial charge in [-0.15, -0.1) is 0 Å². The smallest absolute Gasteiger partial charge is 0.123 e. The Morgan fingerprint density at radius 1 is 1.13 bits per heavy atom. The van der Waals surface area contributed by atoms with Crippen LogP contribution in [-0.2, 0) is 4.74 Å². The Kier molecular flexibility index (Phi) is 5.78. The van der Waals surface area contributed by atoms with Crippen molar-refractivity contribution in [2.24, 2.45) is 0 Å². The first-order valence-corrected chi connectivity index (χ1v) is 8.37. The number of aliphatic hydroxyl groups excluding tert-OH is 1. The Hall–Kier alpha value is -1.27. The van der Waals surface area contributed by atoms with Crippen molar-refractivity contribution in [2.45, 2.75) is 18.6 Å². The number of hydrogen-bond acceptors (Lipinski definition) is 4. The van der Waals surface area contributed by atoms with Crippen LogP contribution in [0.2, 0.25) is 0 Å². The topological polar surface area (TPSA) is 35.9 Å². The van der Waals surface area contributed by atoms with Gasteiger partial charge in [0.05, 0.1) is 25.4 Å². The molecule has 2 aliphatic rings.